The van der Waals surface area contributed by atoms with Gasteiger partial charge in [-0.2, -0.15) is 4.98 Å². The average molecular weight is 395 g/mol. The first-order chi connectivity index (χ1) is 12.7. The molecule has 3 heterocycles. The fourth-order valence-corrected chi connectivity index (χ4v) is 3.05. The predicted octanol–water partition coefficient (Wildman–Crippen LogP) is 2.70. The number of ether oxygens (including phenoxy) is 1. The van der Waals surface area contributed by atoms with Crippen LogP contribution in [-0.2, 0) is 6.61 Å². The Morgan fingerprint density at radius 2 is 2.07 bits per heavy atom. The minimum absolute atomic E-state index is 0. The standard InChI is InChI=1S/C17H19FN6O2.ClH/c1-11-16(21-23-24(11)12-6-8-19-9-7-12)17-20-15(22-26-17)10-25-14-5-3-2-4-13(14)18;/h2-5,12,19H,6-10H2,1H3;1H. The first kappa shape index (κ1) is 19.2. The van der Waals surface area contributed by atoms with Crippen molar-refractivity contribution in [3.8, 4) is 17.3 Å². The summed E-state index contributed by atoms with van der Waals surface area (Å²) in [7, 11) is 0. The van der Waals surface area contributed by atoms with Crippen molar-refractivity contribution in [2.24, 2.45) is 0 Å². The number of aromatic nitrogens is 5. The van der Waals surface area contributed by atoms with Gasteiger partial charge in [-0.25, -0.2) is 9.07 Å². The Labute approximate surface area is 161 Å². The van der Waals surface area contributed by atoms with Gasteiger partial charge < -0.3 is 14.6 Å². The number of hydrogen-bond donors (Lipinski definition) is 1. The molecule has 0 aliphatic carbocycles. The van der Waals surface area contributed by atoms with Crippen molar-refractivity contribution in [3.63, 3.8) is 0 Å². The van der Waals surface area contributed by atoms with E-state index in [0.717, 1.165) is 31.6 Å². The van der Waals surface area contributed by atoms with E-state index in [-0.39, 0.29) is 30.7 Å². The van der Waals surface area contributed by atoms with Gasteiger partial charge in [0.1, 0.15) is 0 Å². The van der Waals surface area contributed by atoms with Crippen LogP contribution in [0.2, 0.25) is 0 Å². The largest absolute Gasteiger partial charge is 0.482 e. The van der Waals surface area contributed by atoms with Crippen LogP contribution in [0.15, 0.2) is 28.8 Å². The highest BCUT2D eigenvalue weighted by Gasteiger charge is 2.23. The number of para-hydroxylation sites is 1. The molecule has 0 radical (unpaired) electrons. The fourth-order valence-electron chi connectivity index (χ4n) is 3.05. The molecule has 0 atom stereocenters. The van der Waals surface area contributed by atoms with Crippen molar-refractivity contribution in [2.45, 2.75) is 32.4 Å². The van der Waals surface area contributed by atoms with Gasteiger partial charge in [-0.1, -0.05) is 22.5 Å². The Hall–Kier alpha value is -2.52. The summed E-state index contributed by atoms with van der Waals surface area (Å²) in [6.07, 6.45) is 2.02. The SMILES string of the molecule is Cc1c(-c2nc(COc3ccccc3F)no2)nnn1C1CCNCC1.Cl. The number of nitrogens with one attached hydrogen (secondary N) is 1. The quantitative estimate of drug-likeness (QED) is 0.711. The van der Waals surface area contributed by atoms with Gasteiger partial charge in [0, 0.05) is 0 Å². The fraction of sp³-hybridized carbons (Fsp3) is 0.412. The molecule has 0 amide bonds. The molecule has 1 aromatic carbocycles. The lowest BCUT2D eigenvalue weighted by molar-refractivity contribution is 0.274. The summed E-state index contributed by atoms with van der Waals surface area (Å²) in [5, 5.41) is 15.7. The van der Waals surface area contributed by atoms with Crippen molar-refractivity contribution in [3.05, 3.63) is 41.6 Å². The lowest BCUT2D eigenvalue weighted by Gasteiger charge is -2.23. The van der Waals surface area contributed by atoms with Crippen LogP contribution in [-0.4, -0.2) is 38.2 Å². The van der Waals surface area contributed by atoms with E-state index in [9.17, 15) is 4.39 Å². The number of halogens is 2. The van der Waals surface area contributed by atoms with Crippen LogP contribution >= 0.6 is 12.4 Å². The molecular weight excluding hydrogens is 375 g/mol. The van der Waals surface area contributed by atoms with Crippen LogP contribution in [0.4, 0.5) is 4.39 Å². The molecule has 0 saturated carbocycles. The number of rotatable bonds is 5. The van der Waals surface area contributed by atoms with Crippen LogP contribution in [0.1, 0.15) is 30.4 Å². The van der Waals surface area contributed by atoms with Crippen LogP contribution in [0, 0.1) is 12.7 Å². The van der Waals surface area contributed by atoms with Gasteiger partial charge in [0.2, 0.25) is 5.82 Å². The molecule has 8 nitrogen and oxygen atoms in total. The Morgan fingerprint density at radius 3 is 2.85 bits per heavy atom. The Kier molecular flexibility index (Phi) is 6.02. The van der Waals surface area contributed by atoms with Crippen LogP contribution in [0.25, 0.3) is 11.6 Å². The normalized spacial score (nSPS) is 14.7. The van der Waals surface area contributed by atoms with Gasteiger partial charge in [0.15, 0.2) is 23.9 Å². The Bertz CT molecular complexity index is 893. The summed E-state index contributed by atoms with van der Waals surface area (Å²) in [6.45, 7) is 3.89. The van der Waals surface area contributed by atoms with E-state index in [1.807, 2.05) is 11.6 Å². The van der Waals surface area contributed by atoms with E-state index >= 15 is 0 Å². The van der Waals surface area contributed by atoms with Crippen molar-refractivity contribution < 1.29 is 13.7 Å². The van der Waals surface area contributed by atoms with Gasteiger partial charge in [0.05, 0.1) is 11.7 Å². The zero-order chi connectivity index (χ0) is 17.9. The molecule has 4 rings (SSSR count). The lowest BCUT2D eigenvalue weighted by atomic mass is 10.1. The molecule has 0 spiro atoms. The Balaban J connectivity index is 0.00000210. The maximum Gasteiger partial charge on any atom is 0.280 e. The summed E-state index contributed by atoms with van der Waals surface area (Å²) in [5.41, 5.74) is 1.45. The summed E-state index contributed by atoms with van der Waals surface area (Å²) >= 11 is 0. The molecule has 0 bridgehead atoms. The molecule has 3 aromatic rings. The molecule has 144 valence electrons. The molecule has 1 N–H and O–H groups in total. The van der Waals surface area contributed by atoms with E-state index in [2.05, 4.69) is 25.8 Å². The van der Waals surface area contributed by atoms with Crippen molar-refractivity contribution >= 4 is 12.4 Å². The topological polar surface area (TPSA) is 90.9 Å². The van der Waals surface area contributed by atoms with Crippen molar-refractivity contribution in [1.82, 2.24) is 30.5 Å². The monoisotopic (exact) mass is 394 g/mol. The summed E-state index contributed by atoms with van der Waals surface area (Å²) < 4.78 is 26.2. The van der Waals surface area contributed by atoms with Gasteiger partial charge in [0.25, 0.3) is 5.89 Å². The minimum Gasteiger partial charge on any atom is -0.482 e. The minimum atomic E-state index is -0.433. The van der Waals surface area contributed by atoms with Crippen molar-refractivity contribution in [2.75, 3.05) is 13.1 Å². The van der Waals surface area contributed by atoms with E-state index in [0.29, 0.717) is 17.6 Å². The second-order valence-electron chi connectivity index (χ2n) is 6.18. The third kappa shape index (κ3) is 4.09. The van der Waals surface area contributed by atoms with E-state index in [1.54, 1.807) is 18.2 Å². The lowest BCUT2D eigenvalue weighted by Crippen LogP contribution is -2.30. The third-order valence-electron chi connectivity index (χ3n) is 4.45. The van der Waals surface area contributed by atoms with E-state index in [1.165, 1.54) is 6.07 Å². The first-order valence-corrected chi connectivity index (χ1v) is 8.55. The van der Waals surface area contributed by atoms with Gasteiger partial charge >= 0.3 is 0 Å². The van der Waals surface area contributed by atoms with Gasteiger partial charge in [-0.15, -0.1) is 17.5 Å². The molecular formula is C17H20ClFN6O2. The molecule has 27 heavy (non-hydrogen) atoms. The van der Waals surface area contributed by atoms with E-state index < -0.39 is 5.82 Å². The summed E-state index contributed by atoms with van der Waals surface area (Å²) in [5.74, 6) is 0.317. The van der Waals surface area contributed by atoms with Crippen LogP contribution in [0.3, 0.4) is 0 Å². The smallest absolute Gasteiger partial charge is 0.280 e. The number of benzene rings is 1. The van der Waals surface area contributed by atoms with E-state index in [4.69, 9.17) is 9.26 Å². The molecule has 1 fully saturated rings. The molecule has 1 aliphatic heterocycles. The highest BCUT2D eigenvalue weighted by molar-refractivity contribution is 5.85. The van der Waals surface area contributed by atoms with Gasteiger partial charge in [-0.3, -0.25) is 0 Å². The predicted molar refractivity (Wildman–Crippen MR) is 97.2 cm³/mol. The Morgan fingerprint density at radius 1 is 1.30 bits per heavy atom. The second-order valence-corrected chi connectivity index (χ2v) is 6.18. The summed E-state index contributed by atoms with van der Waals surface area (Å²) in [4.78, 5) is 4.29. The maximum atomic E-state index is 13.6. The molecule has 2 aromatic heterocycles. The number of piperidine rings is 1. The zero-order valence-electron chi connectivity index (χ0n) is 14.8. The average Bonchev–Trinajstić information content (AvgIpc) is 3.28. The highest BCUT2D eigenvalue weighted by Crippen LogP contribution is 2.25. The number of hydrogen-bond acceptors (Lipinski definition) is 7. The maximum absolute atomic E-state index is 13.6. The number of nitrogens with zero attached hydrogens (tertiary/aromatic N) is 5. The van der Waals surface area contributed by atoms with Gasteiger partial charge in [-0.05, 0) is 45.0 Å². The highest BCUT2D eigenvalue weighted by atomic mass is 35.5. The first-order valence-electron chi connectivity index (χ1n) is 8.55. The zero-order valence-corrected chi connectivity index (χ0v) is 15.6. The third-order valence-corrected chi connectivity index (χ3v) is 4.45. The van der Waals surface area contributed by atoms with Crippen LogP contribution in [0.5, 0.6) is 5.75 Å². The molecule has 1 saturated heterocycles. The molecule has 1 aliphatic rings. The molecule has 0 unspecified atom stereocenters. The van der Waals surface area contributed by atoms with Crippen LogP contribution < -0.4 is 10.1 Å². The second kappa shape index (κ2) is 8.45. The summed E-state index contributed by atoms with van der Waals surface area (Å²) in [6, 6.07) is 6.50. The molecule has 10 heteroatoms. The van der Waals surface area contributed by atoms with Crippen molar-refractivity contribution in [1.29, 1.82) is 0 Å².